The lowest BCUT2D eigenvalue weighted by molar-refractivity contribution is 0.276. The molecule has 1 aromatic carbocycles. The first-order valence-electron chi connectivity index (χ1n) is 4.98. The van der Waals surface area contributed by atoms with Crippen LogP contribution in [0.4, 0.5) is 0 Å². The van der Waals surface area contributed by atoms with E-state index in [1.54, 1.807) is 0 Å². The fourth-order valence-corrected chi connectivity index (χ4v) is 2.76. The SMILES string of the molecule is OCc1csc2nnc(-c3ccc(Br)cc3)n12. The molecule has 4 nitrogen and oxygen atoms in total. The highest BCUT2D eigenvalue weighted by atomic mass is 79.9. The van der Waals surface area contributed by atoms with Crippen molar-refractivity contribution in [1.82, 2.24) is 14.6 Å². The van der Waals surface area contributed by atoms with Gasteiger partial charge in [0, 0.05) is 15.4 Å². The Morgan fingerprint density at radius 3 is 2.71 bits per heavy atom. The highest BCUT2D eigenvalue weighted by Crippen LogP contribution is 2.24. The van der Waals surface area contributed by atoms with Crippen molar-refractivity contribution in [3.63, 3.8) is 0 Å². The minimum Gasteiger partial charge on any atom is -0.390 e. The molecule has 0 radical (unpaired) electrons. The minimum atomic E-state index is -0.0123. The molecule has 2 aromatic heterocycles. The van der Waals surface area contributed by atoms with Crippen LogP contribution >= 0.6 is 27.3 Å². The van der Waals surface area contributed by atoms with Gasteiger partial charge in [0.05, 0.1) is 12.3 Å². The average molecular weight is 310 g/mol. The zero-order valence-corrected chi connectivity index (χ0v) is 11.1. The van der Waals surface area contributed by atoms with Gasteiger partial charge in [0.15, 0.2) is 5.82 Å². The Hall–Kier alpha value is -1.24. The lowest BCUT2D eigenvalue weighted by Crippen LogP contribution is -1.93. The molecule has 0 bridgehead atoms. The molecule has 0 spiro atoms. The van der Waals surface area contributed by atoms with E-state index in [2.05, 4.69) is 26.1 Å². The molecule has 0 saturated heterocycles. The molecule has 3 rings (SSSR count). The highest BCUT2D eigenvalue weighted by Gasteiger charge is 2.12. The van der Waals surface area contributed by atoms with Gasteiger partial charge in [-0.15, -0.1) is 21.5 Å². The summed E-state index contributed by atoms with van der Waals surface area (Å²) in [7, 11) is 0. The average Bonchev–Trinajstić information content (AvgIpc) is 2.91. The van der Waals surface area contributed by atoms with Crippen LogP contribution in [0.1, 0.15) is 5.69 Å². The van der Waals surface area contributed by atoms with Crippen LogP contribution in [0.5, 0.6) is 0 Å². The largest absolute Gasteiger partial charge is 0.390 e. The second-order valence-corrected chi connectivity index (χ2v) is 5.29. The summed E-state index contributed by atoms with van der Waals surface area (Å²) >= 11 is 4.88. The van der Waals surface area contributed by atoms with E-state index in [0.717, 1.165) is 26.5 Å². The normalized spacial score (nSPS) is 11.2. The van der Waals surface area contributed by atoms with E-state index in [-0.39, 0.29) is 6.61 Å². The van der Waals surface area contributed by atoms with E-state index in [9.17, 15) is 5.11 Å². The summed E-state index contributed by atoms with van der Waals surface area (Å²) in [5.74, 6) is 0.762. The van der Waals surface area contributed by atoms with Gasteiger partial charge in [-0.25, -0.2) is 0 Å². The maximum Gasteiger partial charge on any atom is 0.216 e. The summed E-state index contributed by atoms with van der Waals surface area (Å²) in [4.78, 5) is 0.798. The number of aromatic nitrogens is 3. The van der Waals surface area contributed by atoms with Crippen LogP contribution in [0, 0.1) is 0 Å². The number of thiazole rings is 1. The van der Waals surface area contributed by atoms with Gasteiger partial charge in [0.2, 0.25) is 4.96 Å². The fourth-order valence-electron chi connectivity index (χ4n) is 1.67. The molecule has 0 aliphatic carbocycles. The Kier molecular flexibility index (Phi) is 2.70. The van der Waals surface area contributed by atoms with Gasteiger partial charge in [0.1, 0.15) is 0 Å². The summed E-state index contributed by atoms with van der Waals surface area (Å²) in [6.07, 6.45) is 0. The number of hydrogen-bond donors (Lipinski definition) is 1. The smallest absolute Gasteiger partial charge is 0.216 e. The summed E-state index contributed by atoms with van der Waals surface area (Å²) in [5.41, 5.74) is 1.79. The first-order valence-corrected chi connectivity index (χ1v) is 6.65. The number of benzene rings is 1. The van der Waals surface area contributed by atoms with Crippen molar-refractivity contribution in [2.24, 2.45) is 0 Å². The molecule has 6 heteroatoms. The van der Waals surface area contributed by atoms with Gasteiger partial charge < -0.3 is 5.11 Å². The fraction of sp³-hybridized carbons (Fsp3) is 0.0909. The lowest BCUT2D eigenvalue weighted by atomic mass is 10.2. The molecule has 3 aromatic rings. The Morgan fingerprint density at radius 1 is 1.24 bits per heavy atom. The second kappa shape index (κ2) is 4.21. The predicted octanol–water partition coefficient (Wildman–Crippen LogP) is 2.71. The number of aliphatic hydroxyl groups is 1. The van der Waals surface area contributed by atoms with E-state index in [0.29, 0.717) is 0 Å². The summed E-state index contributed by atoms with van der Waals surface area (Å²) in [6.45, 7) is -0.0123. The molecule has 0 saturated carbocycles. The van der Waals surface area contributed by atoms with Crippen LogP contribution in [0.3, 0.4) is 0 Å². The molecule has 1 N–H and O–H groups in total. The van der Waals surface area contributed by atoms with E-state index in [1.807, 2.05) is 34.0 Å². The maximum atomic E-state index is 9.28. The van der Waals surface area contributed by atoms with Gasteiger partial charge in [-0.05, 0) is 12.1 Å². The monoisotopic (exact) mass is 309 g/mol. The topological polar surface area (TPSA) is 50.4 Å². The molecular formula is C11H8BrN3OS. The zero-order chi connectivity index (χ0) is 11.8. The predicted molar refractivity (Wildman–Crippen MR) is 69.9 cm³/mol. The molecule has 0 aliphatic rings. The Balaban J connectivity index is 2.22. The molecule has 0 atom stereocenters. The number of halogens is 1. The number of nitrogens with zero attached hydrogens (tertiary/aromatic N) is 3. The number of aliphatic hydroxyl groups excluding tert-OH is 1. The van der Waals surface area contributed by atoms with E-state index >= 15 is 0 Å². The van der Waals surface area contributed by atoms with Crippen LogP contribution in [0.25, 0.3) is 16.3 Å². The first kappa shape index (κ1) is 10.9. The number of fused-ring (bicyclic) bond motifs is 1. The van der Waals surface area contributed by atoms with Crippen molar-refractivity contribution in [2.45, 2.75) is 6.61 Å². The van der Waals surface area contributed by atoms with E-state index in [1.165, 1.54) is 11.3 Å². The third kappa shape index (κ3) is 1.78. The number of rotatable bonds is 2. The molecular weight excluding hydrogens is 302 g/mol. The molecule has 0 unspecified atom stereocenters. The van der Waals surface area contributed by atoms with Crippen molar-refractivity contribution < 1.29 is 5.11 Å². The Labute approximate surface area is 110 Å². The van der Waals surface area contributed by atoms with Crippen molar-refractivity contribution in [3.8, 4) is 11.4 Å². The van der Waals surface area contributed by atoms with Crippen LogP contribution in [-0.4, -0.2) is 19.7 Å². The van der Waals surface area contributed by atoms with Crippen LogP contribution in [0.15, 0.2) is 34.1 Å². The van der Waals surface area contributed by atoms with Crippen LogP contribution in [-0.2, 0) is 6.61 Å². The quantitative estimate of drug-likeness (QED) is 0.792. The van der Waals surface area contributed by atoms with Crippen molar-refractivity contribution in [1.29, 1.82) is 0 Å². The molecule has 86 valence electrons. The molecule has 0 aliphatic heterocycles. The van der Waals surface area contributed by atoms with Crippen molar-refractivity contribution in [3.05, 3.63) is 39.8 Å². The minimum absolute atomic E-state index is 0.0123. The molecule has 0 amide bonds. The zero-order valence-electron chi connectivity index (χ0n) is 8.67. The summed E-state index contributed by atoms with van der Waals surface area (Å²) < 4.78 is 2.91. The van der Waals surface area contributed by atoms with Gasteiger partial charge in [0.25, 0.3) is 0 Å². The Bertz CT molecular complexity index is 659. The van der Waals surface area contributed by atoms with Gasteiger partial charge in [-0.2, -0.15) is 0 Å². The van der Waals surface area contributed by atoms with Gasteiger partial charge in [-0.3, -0.25) is 4.40 Å². The third-order valence-corrected chi connectivity index (χ3v) is 3.88. The van der Waals surface area contributed by atoms with Crippen molar-refractivity contribution >= 4 is 32.2 Å². The highest BCUT2D eigenvalue weighted by molar-refractivity contribution is 9.10. The number of hydrogen-bond acceptors (Lipinski definition) is 4. The van der Waals surface area contributed by atoms with Crippen molar-refractivity contribution in [2.75, 3.05) is 0 Å². The van der Waals surface area contributed by atoms with Gasteiger partial charge >= 0.3 is 0 Å². The molecule has 0 fully saturated rings. The second-order valence-electron chi connectivity index (χ2n) is 3.53. The lowest BCUT2D eigenvalue weighted by Gasteiger charge is -2.00. The third-order valence-electron chi connectivity index (χ3n) is 2.49. The maximum absolute atomic E-state index is 9.28. The van der Waals surface area contributed by atoms with Gasteiger partial charge in [-0.1, -0.05) is 28.1 Å². The van der Waals surface area contributed by atoms with E-state index < -0.39 is 0 Å². The standard InChI is InChI=1S/C11H8BrN3OS/c12-8-3-1-7(2-4-8)10-13-14-11-15(10)9(5-16)6-17-11/h1-4,6,16H,5H2. The molecule has 17 heavy (non-hydrogen) atoms. The Morgan fingerprint density at radius 2 is 2.00 bits per heavy atom. The first-order chi connectivity index (χ1) is 8.29. The van der Waals surface area contributed by atoms with Crippen LogP contribution in [0.2, 0.25) is 0 Å². The summed E-state index contributed by atoms with van der Waals surface area (Å²) in [5, 5.41) is 19.4. The van der Waals surface area contributed by atoms with Crippen LogP contribution < -0.4 is 0 Å². The summed E-state index contributed by atoms with van der Waals surface area (Å²) in [6, 6.07) is 7.86. The van der Waals surface area contributed by atoms with E-state index in [4.69, 9.17) is 0 Å². The molecule has 2 heterocycles.